The first-order chi connectivity index (χ1) is 18.8. The van der Waals surface area contributed by atoms with Gasteiger partial charge < -0.3 is 5.32 Å². The van der Waals surface area contributed by atoms with Gasteiger partial charge in [0.15, 0.2) is 0 Å². The molecule has 2 aromatic carbocycles. The fraction of sp³-hybridized carbons (Fsp3) is 0.429. The Bertz CT molecular complexity index is 1300. The number of methoxy groups -OCH3 is 1. The summed E-state index contributed by atoms with van der Waals surface area (Å²) in [5, 5.41) is 11.8. The van der Waals surface area contributed by atoms with Gasteiger partial charge in [-0.2, -0.15) is 0 Å². The molecule has 11 heteroatoms. The van der Waals surface area contributed by atoms with Crippen LogP contribution in [0.25, 0.3) is 0 Å². The summed E-state index contributed by atoms with van der Waals surface area (Å²) in [6.45, 7) is 8.76. The molecule has 3 N–H and O–H groups in total. The molecule has 0 radical (unpaired) electrons. The van der Waals surface area contributed by atoms with Crippen LogP contribution >= 0.6 is 42.1 Å². The van der Waals surface area contributed by atoms with Crippen LogP contribution in [0.2, 0.25) is 5.02 Å². The molecule has 2 aliphatic heterocycles. The zero-order chi connectivity index (χ0) is 27.5. The van der Waals surface area contributed by atoms with Crippen LogP contribution in [0.1, 0.15) is 25.7 Å². The molecule has 2 saturated heterocycles. The van der Waals surface area contributed by atoms with Crippen molar-refractivity contribution in [2.24, 2.45) is 5.41 Å². The first kappa shape index (κ1) is 28.6. The van der Waals surface area contributed by atoms with E-state index in [0.717, 1.165) is 48.6 Å². The third-order valence-electron chi connectivity index (χ3n) is 8.05. The van der Waals surface area contributed by atoms with Crippen molar-refractivity contribution in [2.45, 2.75) is 25.7 Å². The van der Waals surface area contributed by atoms with Crippen LogP contribution in [-0.2, 0) is 2.85 Å². The average Bonchev–Trinajstić information content (AvgIpc) is 2.96. The number of para-hydroxylation sites is 1. The van der Waals surface area contributed by atoms with Crippen molar-refractivity contribution in [2.75, 3.05) is 62.2 Å². The Labute approximate surface area is 250 Å². The van der Waals surface area contributed by atoms with Gasteiger partial charge >= 0.3 is 189 Å². The van der Waals surface area contributed by atoms with E-state index >= 15 is 0 Å². The number of anilines is 5. The molecule has 0 atom stereocenters. The van der Waals surface area contributed by atoms with Gasteiger partial charge in [-0.1, -0.05) is 0 Å². The number of halogens is 2. The Balaban J connectivity index is 1.32. The minimum atomic E-state index is -2.09. The molecule has 0 saturated carbocycles. The second kappa shape index (κ2) is 12.3. The molecular weight excluding hydrogens is 646 g/mol. The molecule has 3 heterocycles. The van der Waals surface area contributed by atoms with Crippen molar-refractivity contribution >= 4 is 76.2 Å². The van der Waals surface area contributed by atoms with E-state index in [1.54, 1.807) is 13.3 Å². The molecule has 3 aromatic rings. The van der Waals surface area contributed by atoms with E-state index in [0.29, 0.717) is 22.2 Å². The minimum absolute atomic E-state index is 0.429. The Morgan fingerprint density at radius 1 is 1.03 bits per heavy atom. The van der Waals surface area contributed by atoms with Crippen molar-refractivity contribution in [1.82, 2.24) is 15.3 Å². The van der Waals surface area contributed by atoms with Crippen LogP contribution in [0.4, 0.5) is 28.8 Å². The average molecular weight is 683 g/mol. The first-order valence-electron chi connectivity index (χ1n) is 13.4. The van der Waals surface area contributed by atoms with Crippen LogP contribution in [-0.4, -0.2) is 56.6 Å². The van der Waals surface area contributed by atoms with Crippen molar-refractivity contribution in [3.05, 3.63) is 53.7 Å². The predicted molar refractivity (Wildman–Crippen MR) is 174 cm³/mol. The van der Waals surface area contributed by atoms with E-state index in [1.165, 1.54) is 31.4 Å². The maximum absolute atomic E-state index is 6.50. The van der Waals surface area contributed by atoms with Crippen LogP contribution < -0.4 is 30.9 Å². The monoisotopic (exact) mass is 682 g/mol. The topological polar surface area (TPSA) is 83.6 Å². The van der Waals surface area contributed by atoms with Crippen LogP contribution in [0.5, 0.6) is 5.75 Å². The molecule has 0 bridgehead atoms. The predicted octanol–water partition coefficient (Wildman–Crippen LogP) is 6.51. The Morgan fingerprint density at radius 2 is 1.77 bits per heavy atom. The normalized spacial score (nSPS) is 17.6. The van der Waals surface area contributed by atoms with Crippen molar-refractivity contribution in [1.29, 1.82) is 0 Å². The van der Waals surface area contributed by atoms with Crippen LogP contribution in [0.3, 0.4) is 0 Å². The van der Waals surface area contributed by atoms with Gasteiger partial charge in [-0.3, -0.25) is 0 Å². The summed E-state index contributed by atoms with van der Waals surface area (Å²) < 4.78 is 11.6. The van der Waals surface area contributed by atoms with Gasteiger partial charge in [-0.15, -0.1) is 0 Å². The number of hydrogen-bond donors (Lipinski definition) is 3. The molecular formula is C28H37ClIN6O2P. The number of benzene rings is 2. The summed E-state index contributed by atoms with van der Waals surface area (Å²) in [7, 11) is -0.397. The summed E-state index contributed by atoms with van der Waals surface area (Å²) in [6.07, 6.45) is 6.69. The fourth-order valence-electron chi connectivity index (χ4n) is 5.60. The summed E-state index contributed by atoms with van der Waals surface area (Å²) >= 11 is 8.49. The number of piperidine rings is 2. The second-order valence-corrected chi connectivity index (χ2v) is 16.3. The molecule has 0 unspecified atom stereocenters. The second-order valence-electron chi connectivity index (χ2n) is 10.9. The van der Waals surface area contributed by atoms with E-state index in [4.69, 9.17) is 19.2 Å². The van der Waals surface area contributed by atoms with E-state index in [1.807, 2.05) is 47.3 Å². The van der Waals surface area contributed by atoms with Crippen LogP contribution in [0, 0.1) is 5.41 Å². The van der Waals surface area contributed by atoms with Gasteiger partial charge in [0.2, 0.25) is 0 Å². The van der Waals surface area contributed by atoms with Crippen molar-refractivity contribution < 1.29 is 7.59 Å². The molecule has 2 fully saturated rings. The van der Waals surface area contributed by atoms with E-state index in [2.05, 4.69) is 62.3 Å². The third kappa shape index (κ3) is 6.54. The van der Waals surface area contributed by atoms with E-state index in [-0.39, 0.29) is 0 Å². The molecule has 0 aliphatic carbocycles. The van der Waals surface area contributed by atoms with E-state index < -0.39 is 7.49 Å². The number of nitrogens with one attached hydrogen (secondary N) is 3. The summed E-state index contributed by atoms with van der Waals surface area (Å²) in [5.41, 5.74) is 3.43. The first-order valence-corrected chi connectivity index (χ1v) is 17.6. The van der Waals surface area contributed by atoms with Gasteiger partial charge in [0.1, 0.15) is 0 Å². The molecule has 39 heavy (non-hydrogen) atoms. The number of ether oxygens (including phenoxy) is 1. The molecule has 210 valence electrons. The third-order valence-corrected chi connectivity index (χ3v) is 13.7. The number of aromatic nitrogens is 2. The zero-order valence-corrected chi connectivity index (χ0v) is 26.6. The van der Waals surface area contributed by atoms with Gasteiger partial charge in [-0.25, -0.2) is 0 Å². The Morgan fingerprint density at radius 3 is 2.49 bits per heavy atom. The standard InChI is InChI=1S/C28H37ClIN6O2P/c1-37-24-18-20(36-16-12-28(13-17-36)10-14-31-15-11-28)8-9-22(24)34-27-32-19-21(29)26(35-27)33-23-6-4-5-7-25(23)39(2,3)38-30/h4-9,18-19,31,39H,10-17H2,1-3H3,(H2,32,33,34,35). The summed E-state index contributed by atoms with van der Waals surface area (Å²) in [4.78, 5) is 11.6. The summed E-state index contributed by atoms with van der Waals surface area (Å²) in [6, 6.07) is 14.4. The quantitative estimate of drug-likeness (QED) is 0.183. The molecule has 0 amide bonds. The van der Waals surface area contributed by atoms with Gasteiger partial charge in [0.25, 0.3) is 0 Å². The molecule has 8 nitrogen and oxygen atoms in total. The fourth-order valence-corrected chi connectivity index (χ4v) is 7.82. The molecule has 5 rings (SSSR count). The number of nitrogens with zero attached hydrogens (tertiary/aromatic N) is 3. The maximum atomic E-state index is 6.50. The van der Waals surface area contributed by atoms with Gasteiger partial charge in [0, 0.05) is 13.1 Å². The molecule has 2 aliphatic rings. The summed E-state index contributed by atoms with van der Waals surface area (Å²) in [5.74, 6) is 1.70. The van der Waals surface area contributed by atoms with Gasteiger partial charge in [-0.05, 0) is 44.2 Å². The van der Waals surface area contributed by atoms with E-state index in [9.17, 15) is 0 Å². The number of hydrogen-bond acceptors (Lipinski definition) is 8. The van der Waals surface area contributed by atoms with Crippen molar-refractivity contribution in [3.63, 3.8) is 0 Å². The van der Waals surface area contributed by atoms with Gasteiger partial charge in [0.05, 0.1) is 0 Å². The van der Waals surface area contributed by atoms with Crippen molar-refractivity contribution in [3.8, 4) is 5.75 Å². The SMILES string of the molecule is COc1cc(N2CCC3(CCNCC3)CC2)ccc1Nc1ncc(Cl)c(Nc2ccccc2[PH](C)(C)OI)n1. The number of rotatable bonds is 8. The molecule has 1 aromatic heterocycles. The van der Waals surface area contributed by atoms with Crippen LogP contribution in [0.15, 0.2) is 48.7 Å². The Kier molecular flexibility index (Phi) is 9.03. The molecule has 1 spiro atoms. The Hall–Kier alpha value is -1.91. The zero-order valence-electron chi connectivity index (χ0n) is 22.7.